The molecule has 0 aromatic carbocycles. The zero-order chi connectivity index (χ0) is 13.1. The molecule has 0 aromatic rings. The molecule has 0 aromatic heterocycles. The van der Waals surface area contributed by atoms with Crippen LogP contribution in [0, 0.1) is 5.92 Å². The van der Waals surface area contributed by atoms with E-state index in [0.717, 1.165) is 32.0 Å². The third-order valence-electron chi connectivity index (χ3n) is 3.13. The lowest BCUT2D eigenvalue weighted by molar-refractivity contribution is -0.112. The van der Waals surface area contributed by atoms with E-state index in [4.69, 9.17) is 4.74 Å². The molecule has 1 aliphatic rings. The Morgan fingerprint density at radius 2 is 1.88 bits per heavy atom. The molecule has 4 heteroatoms. The van der Waals surface area contributed by atoms with Crippen molar-refractivity contribution in [2.24, 2.45) is 5.92 Å². The lowest BCUT2D eigenvalue weighted by atomic mass is 9.78. The summed E-state index contributed by atoms with van der Waals surface area (Å²) in [5, 5.41) is 2.92. The van der Waals surface area contributed by atoms with Crippen molar-refractivity contribution in [3.8, 4) is 0 Å². The average molecular weight is 241 g/mol. The molecule has 17 heavy (non-hydrogen) atoms. The van der Waals surface area contributed by atoms with E-state index in [1.807, 2.05) is 27.7 Å². The molecule has 1 N–H and O–H groups in total. The highest BCUT2D eigenvalue weighted by Gasteiger charge is 2.33. The molecule has 0 spiro atoms. The molecule has 0 saturated heterocycles. The van der Waals surface area contributed by atoms with E-state index < -0.39 is 5.60 Å². The van der Waals surface area contributed by atoms with Crippen LogP contribution in [0.2, 0.25) is 0 Å². The van der Waals surface area contributed by atoms with E-state index in [-0.39, 0.29) is 17.6 Å². The molecule has 0 radical (unpaired) electrons. The maximum atomic E-state index is 11.7. The van der Waals surface area contributed by atoms with Crippen LogP contribution in [-0.4, -0.2) is 23.5 Å². The SMILES string of the molecule is CC1(NC(=O)OC(C)(C)C)CCC(C=O)CC1. The fourth-order valence-corrected chi connectivity index (χ4v) is 2.09. The van der Waals surface area contributed by atoms with Crippen molar-refractivity contribution in [1.82, 2.24) is 5.32 Å². The number of hydrogen-bond donors (Lipinski definition) is 1. The van der Waals surface area contributed by atoms with Gasteiger partial charge in [-0.05, 0) is 53.4 Å². The highest BCUT2D eigenvalue weighted by molar-refractivity contribution is 5.68. The quantitative estimate of drug-likeness (QED) is 0.756. The first-order chi connectivity index (χ1) is 7.74. The molecule has 0 bridgehead atoms. The Kier molecular flexibility index (Phi) is 4.17. The summed E-state index contributed by atoms with van der Waals surface area (Å²) in [5.41, 5.74) is -0.706. The third kappa shape index (κ3) is 4.75. The number of rotatable bonds is 2. The fourth-order valence-electron chi connectivity index (χ4n) is 2.09. The van der Waals surface area contributed by atoms with E-state index in [0.29, 0.717) is 0 Å². The maximum Gasteiger partial charge on any atom is 0.408 e. The first-order valence-electron chi connectivity index (χ1n) is 6.21. The van der Waals surface area contributed by atoms with Crippen molar-refractivity contribution in [2.75, 3.05) is 0 Å². The van der Waals surface area contributed by atoms with E-state index in [1.165, 1.54) is 0 Å². The van der Waals surface area contributed by atoms with Gasteiger partial charge in [0, 0.05) is 11.5 Å². The van der Waals surface area contributed by atoms with Crippen LogP contribution in [0.3, 0.4) is 0 Å². The highest BCUT2D eigenvalue weighted by atomic mass is 16.6. The number of nitrogens with one attached hydrogen (secondary N) is 1. The van der Waals surface area contributed by atoms with Crippen LogP contribution in [0.25, 0.3) is 0 Å². The summed E-state index contributed by atoms with van der Waals surface area (Å²) in [6.07, 6.45) is 3.99. The Morgan fingerprint density at radius 3 is 2.29 bits per heavy atom. The Morgan fingerprint density at radius 1 is 1.35 bits per heavy atom. The first-order valence-corrected chi connectivity index (χ1v) is 6.21. The molecule has 0 atom stereocenters. The fraction of sp³-hybridized carbons (Fsp3) is 0.846. The average Bonchev–Trinajstić information content (AvgIpc) is 2.15. The van der Waals surface area contributed by atoms with Gasteiger partial charge in [0.1, 0.15) is 11.9 Å². The van der Waals surface area contributed by atoms with Crippen molar-refractivity contribution in [3.63, 3.8) is 0 Å². The summed E-state index contributed by atoms with van der Waals surface area (Å²) < 4.78 is 5.24. The Hall–Kier alpha value is -1.06. The predicted molar refractivity (Wildman–Crippen MR) is 65.8 cm³/mol. The number of aldehydes is 1. The summed E-state index contributed by atoms with van der Waals surface area (Å²) >= 11 is 0. The summed E-state index contributed by atoms with van der Waals surface area (Å²) in [4.78, 5) is 22.3. The van der Waals surface area contributed by atoms with Crippen LogP contribution in [0.15, 0.2) is 0 Å². The van der Waals surface area contributed by atoms with Gasteiger partial charge >= 0.3 is 6.09 Å². The van der Waals surface area contributed by atoms with Gasteiger partial charge in [0.25, 0.3) is 0 Å². The normalized spacial score (nSPS) is 29.5. The molecule has 98 valence electrons. The van der Waals surface area contributed by atoms with Crippen molar-refractivity contribution in [1.29, 1.82) is 0 Å². The Labute approximate surface area is 103 Å². The van der Waals surface area contributed by atoms with Crippen molar-refractivity contribution < 1.29 is 14.3 Å². The molecular weight excluding hydrogens is 218 g/mol. The van der Waals surface area contributed by atoms with Gasteiger partial charge in [0.15, 0.2) is 0 Å². The number of carbonyl (C=O) groups excluding carboxylic acids is 2. The van der Waals surface area contributed by atoms with Gasteiger partial charge in [-0.15, -0.1) is 0 Å². The van der Waals surface area contributed by atoms with E-state index in [2.05, 4.69) is 5.32 Å². The van der Waals surface area contributed by atoms with Gasteiger partial charge in [0.2, 0.25) is 0 Å². The summed E-state index contributed by atoms with van der Waals surface area (Å²) in [5.74, 6) is 0.156. The topological polar surface area (TPSA) is 55.4 Å². The summed E-state index contributed by atoms with van der Waals surface area (Å²) in [6, 6.07) is 0. The van der Waals surface area contributed by atoms with Crippen LogP contribution in [0.1, 0.15) is 53.4 Å². The summed E-state index contributed by atoms with van der Waals surface area (Å²) in [6.45, 7) is 7.55. The number of hydrogen-bond acceptors (Lipinski definition) is 3. The zero-order valence-electron chi connectivity index (χ0n) is 11.2. The molecule has 0 heterocycles. The molecule has 0 unspecified atom stereocenters. The second kappa shape index (κ2) is 5.07. The molecule has 1 fully saturated rings. The van der Waals surface area contributed by atoms with E-state index in [9.17, 15) is 9.59 Å². The van der Waals surface area contributed by atoms with Crippen LogP contribution in [-0.2, 0) is 9.53 Å². The number of alkyl carbamates (subject to hydrolysis) is 1. The van der Waals surface area contributed by atoms with Crippen LogP contribution in [0.5, 0.6) is 0 Å². The smallest absolute Gasteiger partial charge is 0.408 e. The second-order valence-electron chi connectivity index (χ2n) is 6.16. The molecule has 1 saturated carbocycles. The lowest BCUT2D eigenvalue weighted by Gasteiger charge is -2.37. The lowest BCUT2D eigenvalue weighted by Crippen LogP contribution is -2.50. The van der Waals surface area contributed by atoms with E-state index >= 15 is 0 Å². The third-order valence-corrected chi connectivity index (χ3v) is 3.13. The van der Waals surface area contributed by atoms with Gasteiger partial charge in [-0.1, -0.05) is 0 Å². The molecule has 1 rings (SSSR count). The van der Waals surface area contributed by atoms with Gasteiger partial charge in [-0.25, -0.2) is 4.79 Å². The van der Waals surface area contributed by atoms with Gasteiger partial charge in [-0.3, -0.25) is 0 Å². The van der Waals surface area contributed by atoms with Crippen molar-refractivity contribution >= 4 is 12.4 Å². The number of ether oxygens (including phenoxy) is 1. The number of amides is 1. The van der Waals surface area contributed by atoms with Crippen LogP contribution in [0.4, 0.5) is 4.79 Å². The van der Waals surface area contributed by atoms with Crippen LogP contribution >= 0.6 is 0 Å². The van der Waals surface area contributed by atoms with Crippen molar-refractivity contribution in [3.05, 3.63) is 0 Å². The van der Waals surface area contributed by atoms with Crippen molar-refractivity contribution in [2.45, 2.75) is 64.5 Å². The molecule has 0 aliphatic heterocycles. The molecule has 1 amide bonds. The first kappa shape index (κ1) is 14.0. The largest absolute Gasteiger partial charge is 0.444 e. The maximum absolute atomic E-state index is 11.7. The Bertz CT molecular complexity index is 286. The van der Waals surface area contributed by atoms with Crippen LogP contribution < -0.4 is 5.32 Å². The molecular formula is C13H23NO3. The van der Waals surface area contributed by atoms with Gasteiger partial charge < -0.3 is 14.8 Å². The minimum absolute atomic E-state index is 0.156. The number of carbonyl (C=O) groups is 2. The van der Waals surface area contributed by atoms with Gasteiger partial charge in [0.05, 0.1) is 0 Å². The standard InChI is InChI=1S/C13H23NO3/c1-12(2,3)17-11(16)14-13(4)7-5-10(9-15)6-8-13/h9-10H,5-8H2,1-4H3,(H,14,16). The molecule has 4 nitrogen and oxygen atoms in total. The Balaban J connectivity index is 2.46. The minimum atomic E-state index is -0.472. The molecule has 1 aliphatic carbocycles. The highest BCUT2D eigenvalue weighted by Crippen LogP contribution is 2.31. The minimum Gasteiger partial charge on any atom is -0.444 e. The summed E-state index contributed by atoms with van der Waals surface area (Å²) in [7, 11) is 0. The van der Waals surface area contributed by atoms with E-state index in [1.54, 1.807) is 0 Å². The van der Waals surface area contributed by atoms with Gasteiger partial charge in [-0.2, -0.15) is 0 Å². The zero-order valence-corrected chi connectivity index (χ0v) is 11.2. The predicted octanol–water partition coefficient (Wildman–Crippen LogP) is 2.66. The monoisotopic (exact) mass is 241 g/mol. The second-order valence-corrected chi connectivity index (χ2v) is 6.16.